The van der Waals surface area contributed by atoms with Crippen molar-refractivity contribution in [1.29, 1.82) is 0 Å². The molecule has 10 aromatic rings. The molecule has 0 aliphatic carbocycles. The summed E-state index contributed by atoms with van der Waals surface area (Å²) < 4.78 is 8.60. The predicted molar refractivity (Wildman–Crippen MR) is 276 cm³/mol. The highest BCUT2D eigenvalue weighted by atomic mass is 16.5. The van der Waals surface area contributed by atoms with Crippen LogP contribution in [0.5, 0.6) is 5.75 Å². The number of nitrogens with zero attached hydrogens (tertiary/aromatic N) is 2. The second-order valence-electron chi connectivity index (χ2n) is 18.1. The first-order chi connectivity index (χ1) is 31.7. The number of aromatic nitrogens is 1. The molecule has 0 saturated heterocycles. The van der Waals surface area contributed by atoms with Gasteiger partial charge in [0.05, 0.1) is 11.0 Å². The first kappa shape index (κ1) is 41.4. The second kappa shape index (κ2) is 17.5. The van der Waals surface area contributed by atoms with Crippen LogP contribution in [0.15, 0.2) is 218 Å². The molecule has 0 fully saturated rings. The second-order valence-corrected chi connectivity index (χ2v) is 18.1. The van der Waals surface area contributed by atoms with E-state index in [-0.39, 0.29) is 5.60 Å². The Bertz CT molecular complexity index is 3110. The minimum Gasteiger partial charge on any atom is -0.488 e. The molecule has 9 aromatic carbocycles. The number of ether oxygens (including phenoxy) is 1. The fourth-order valence-electron chi connectivity index (χ4n) is 9.03. The van der Waals surface area contributed by atoms with Gasteiger partial charge in [0, 0.05) is 33.5 Å². The average molecular weight is 843 g/mol. The number of anilines is 3. The van der Waals surface area contributed by atoms with Crippen LogP contribution < -0.4 is 9.64 Å². The maximum Gasteiger partial charge on any atom is 0.120 e. The molecular weight excluding hydrogens is 789 g/mol. The average Bonchev–Trinajstić information content (AvgIpc) is 3.68. The normalized spacial score (nSPS) is 12.1. The number of benzene rings is 9. The van der Waals surface area contributed by atoms with Crippen molar-refractivity contribution < 1.29 is 4.74 Å². The molecular formula is C62H54N2O. The summed E-state index contributed by atoms with van der Waals surface area (Å²) in [5, 5.41) is 2.44. The molecule has 0 spiro atoms. The molecule has 10 rings (SSSR count). The summed E-state index contributed by atoms with van der Waals surface area (Å²) >= 11 is 0. The molecule has 1 aromatic heterocycles. The summed E-state index contributed by atoms with van der Waals surface area (Å²) in [5.74, 6) is 1.40. The summed E-state index contributed by atoms with van der Waals surface area (Å²) in [6, 6.07) is 79.5. The summed E-state index contributed by atoms with van der Waals surface area (Å²) in [5.41, 5.74) is 17.4. The zero-order valence-corrected chi connectivity index (χ0v) is 37.9. The van der Waals surface area contributed by atoms with E-state index in [1.165, 1.54) is 66.3 Å². The van der Waals surface area contributed by atoms with Crippen molar-refractivity contribution in [1.82, 2.24) is 4.57 Å². The minimum absolute atomic E-state index is 0.271. The van der Waals surface area contributed by atoms with Crippen LogP contribution >= 0.6 is 0 Å². The lowest BCUT2D eigenvalue weighted by Crippen LogP contribution is -2.22. The molecule has 3 nitrogen and oxygen atoms in total. The lowest BCUT2D eigenvalue weighted by molar-refractivity contribution is 0.131. The predicted octanol–water partition coefficient (Wildman–Crippen LogP) is 17.6. The Kier molecular flexibility index (Phi) is 11.1. The van der Waals surface area contributed by atoms with Crippen molar-refractivity contribution in [2.45, 2.75) is 52.6 Å². The largest absolute Gasteiger partial charge is 0.488 e. The number of hydrogen-bond acceptors (Lipinski definition) is 2. The minimum atomic E-state index is -0.271. The molecule has 0 aliphatic heterocycles. The van der Waals surface area contributed by atoms with Crippen LogP contribution in [0.2, 0.25) is 0 Å². The van der Waals surface area contributed by atoms with Gasteiger partial charge < -0.3 is 14.2 Å². The van der Waals surface area contributed by atoms with Gasteiger partial charge in [-0.25, -0.2) is 0 Å². The molecule has 1 atom stereocenters. The van der Waals surface area contributed by atoms with Crippen molar-refractivity contribution in [3.05, 3.63) is 224 Å². The number of fused-ring (bicyclic) bond motifs is 3. The summed E-state index contributed by atoms with van der Waals surface area (Å²) in [6.45, 7) is 10.8. The molecule has 0 amide bonds. The van der Waals surface area contributed by atoms with Crippen LogP contribution in [0.3, 0.4) is 0 Å². The number of hydrogen-bond donors (Lipinski definition) is 0. The zero-order chi connectivity index (χ0) is 44.5. The fourth-order valence-corrected chi connectivity index (χ4v) is 9.03. The molecule has 1 unspecified atom stereocenters. The Labute approximate surface area is 383 Å². The lowest BCUT2D eigenvalue weighted by Gasteiger charge is -2.26. The van der Waals surface area contributed by atoms with Crippen molar-refractivity contribution in [2.24, 2.45) is 0 Å². The van der Waals surface area contributed by atoms with Crippen LogP contribution in [0.4, 0.5) is 17.1 Å². The van der Waals surface area contributed by atoms with E-state index in [0.717, 1.165) is 40.5 Å². The van der Waals surface area contributed by atoms with Crippen molar-refractivity contribution in [3.8, 4) is 55.9 Å². The van der Waals surface area contributed by atoms with E-state index >= 15 is 0 Å². The third-order valence-electron chi connectivity index (χ3n) is 12.6. The first-order valence-electron chi connectivity index (χ1n) is 22.9. The van der Waals surface area contributed by atoms with Gasteiger partial charge in [-0.2, -0.15) is 0 Å². The summed E-state index contributed by atoms with van der Waals surface area (Å²) in [4.78, 5) is 2.35. The van der Waals surface area contributed by atoms with E-state index in [9.17, 15) is 0 Å². The molecule has 0 aliphatic rings. The summed E-state index contributed by atoms with van der Waals surface area (Å²) in [6.07, 6.45) is 1.13. The van der Waals surface area contributed by atoms with Gasteiger partial charge in [-0.05, 0) is 168 Å². The topological polar surface area (TPSA) is 17.4 Å². The molecule has 1 heterocycles. The van der Waals surface area contributed by atoms with Gasteiger partial charge >= 0.3 is 0 Å². The third kappa shape index (κ3) is 8.58. The van der Waals surface area contributed by atoms with E-state index in [4.69, 9.17) is 4.74 Å². The maximum absolute atomic E-state index is 6.21. The molecule has 318 valence electrons. The van der Waals surface area contributed by atoms with Gasteiger partial charge in [-0.15, -0.1) is 0 Å². The van der Waals surface area contributed by atoms with E-state index in [0.29, 0.717) is 5.92 Å². The van der Waals surface area contributed by atoms with Crippen LogP contribution in [0, 0.1) is 0 Å². The molecule has 0 saturated carbocycles. The first-order valence-corrected chi connectivity index (χ1v) is 22.9. The molecule has 65 heavy (non-hydrogen) atoms. The Morgan fingerprint density at radius 3 is 1.20 bits per heavy atom. The van der Waals surface area contributed by atoms with Crippen molar-refractivity contribution >= 4 is 38.9 Å². The monoisotopic (exact) mass is 842 g/mol. The fraction of sp³-hybridized carbons (Fsp3) is 0.129. The van der Waals surface area contributed by atoms with E-state index in [1.54, 1.807) is 0 Å². The Balaban J connectivity index is 1.04. The molecule has 0 N–H and O–H groups in total. The van der Waals surface area contributed by atoms with Gasteiger partial charge in [-0.3, -0.25) is 0 Å². The Hall–Kier alpha value is -7.62. The number of rotatable bonds is 11. The van der Waals surface area contributed by atoms with Crippen LogP contribution in [-0.4, -0.2) is 10.2 Å². The highest BCUT2D eigenvalue weighted by Crippen LogP contribution is 2.41. The SMILES string of the molecule is CCC(C)c1ccc(-c2ccc3c(c2)c2cc(-c4ccc(N(c5ccc(-c6ccccc6)cc5)c5ccc(-c6ccccc6)cc5)cc4)ccc2n3-c2ccc(OC(C)(C)C)cc2)cc1. The Morgan fingerprint density at radius 2 is 0.800 bits per heavy atom. The zero-order valence-electron chi connectivity index (χ0n) is 37.9. The summed E-state index contributed by atoms with van der Waals surface area (Å²) in [7, 11) is 0. The van der Waals surface area contributed by atoms with Gasteiger partial charge in [-0.1, -0.05) is 147 Å². The highest BCUT2D eigenvalue weighted by molar-refractivity contribution is 6.11. The molecule has 0 radical (unpaired) electrons. The van der Waals surface area contributed by atoms with Crippen LogP contribution in [0.25, 0.3) is 72.0 Å². The van der Waals surface area contributed by atoms with E-state index < -0.39 is 0 Å². The molecule has 0 bridgehead atoms. The van der Waals surface area contributed by atoms with Crippen LogP contribution in [0.1, 0.15) is 52.5 Å². The molecule has 3 heteroatoms. The third-order valence-corrected chi connectivity index (χ3v) is 12.6. The van der Waals surface area contributed by atoms with Gasteiger partial charge in [0.1, 0.15) is 11.4 Å². The Morgan fingerprint density at radius 1 is 0.431 bits per heavy atom. The highest BCUT2D eigenvalue weighted by Gasteiger charge is 2.18. The van der Waals surface area contributed by atoms with Crippen molar-refractivity contribution in [3.63, 3.8) is 0 Å². The van der Waals surface area contributed by atoms with Gasteiger partial charge in [0.15, 0.2) is 0 Å². The smallest absolute Gasteiger partial charge is 0.120 e. The van der Waals surface area contributed by atoms with Gasteiger partial charge in [0.2, 0.25) is 0 Å². The lowest BCUT2D eigenvalue weighted by atomic mass is 9.95. The van der Waals surface area contributed by atoms with E-state index in [1.807, 2.05) is 0 Å². The van der Waals surface area contributed by atoms with Crippen molar-refractivity contribution in [2.75, 3.05) is 4.90 Å². The quantitative estimate of drug-likeness (QED) is 0.129. The maximum atomic E-state index is 6.21. The van der Waals surface area contributed by atoms with Gasteiger partial charge in [0.25, 0.3) is 0 Å². The van der Waals surface area contributed by atoms with E-state index in [2.05, 4.69) is 262 Å². The van der Waals surface area contributed by atoms with Crippen LogP contribution in [-0.2, 0) is 0 Å². The standard InChI is InChI=1S/C62H54N2O/c1-6-43(2)44-17-19-49(20-18-44)51-27-39-60-58(41-51)59-42-52(28-40-61(59)64(60)56-35-37-57(38-36-56)65-62(3,4)5)50-25-33-55(34-26-50)63(53-29-21-47(22-30-53)45-13-9-7-10-14-45)54-31-23-48(24-32-54)46-15-11-8-12-16-46/h7-43H,6H2,1-5H3.